The molecule has 2 aliphatic rings. The van der Waals surface area contributed by atoms with Crippen molar-refractivity contribution in [3.8, 4) is 5.75 Å². The fraction of sp³-hybridized carbons (Fsp3) is 0.385. The smallest absolute Gasteiger partial charge is 0.321 e. The summed E-state index contributed by atoms with van der Waals surface area (Å²) >= 11 is 6.27. The highest BCUT2D eigenvalue weighted by Crippen LogP contribution is 2.33. The van der Waals surface area contributed by atoms with E-state index in [0.29, 0.717) is 48.1 Å². The van der Waals surface area contributed by atoms with Gasteiger partial charge in [-0.05, 0) is 55.3 Å². The Morgan fingerprint density at radius 3 is 2.44 bits per heavy atom. The zero-order valence-corrected chi connectivity index (χ0v) is 21.2. The normalized spacial score (nSPS) is 21.2. The lowest BCUT2D eigenvalue weighted by atomic mass is 9.89. The molecule has 0 spiro atoms. The van der Waals surface area contributed by atoms with Gasteiger partial charge in [-0.2, -0.15) is 0 Å². The largest absolute Gasteiger partial charge is 0.495 e. The Balaban J connectivity index is 1.50. The minimum absolute atomic E-state index is 0.0831. The van der Waals surface area contributed by atoms with Crippen LogP contribution in [0.2, 0.25) is 5.02 Å². The van der Waals surface area contributed by atoms with E-state index < -0.39 is 0 Å². The molecule has 0 aromatic heterocycles. The van der Waals surface area contributed by atoms with Gasteiger partial charge in [-0.1, -0.05) is 11.6 Å². The third-order valence-electron chi connectivity index (χ3n) is 6.37. The highest BCUT2D eigenvalue weighted by molar-refractivity contribution is 6.32. The summed E-state index contributed by atoms with van der Waals surface area (Å²) in [6, 6.07) is 9.23. The Hall–Kier alpha value is -3.30. The molecule has 2 N–H and O–H groups in total. The van der Waals surface area contributed by atoms with Crippen LogP contribution in [0.5, 0.6) is 5.75 Å². The summed E-state index contributed by atoms with van der Waals surface area (Å²) in [7, 11) is 4.77. The molecule has 2 saturated heterocycles. The lowest BCUT2D eigenvalue weighted by Gasteiger charge is -2.48. The average molecular weight is 517 g/mol. The molecule has 2 aliphatic heterocycles. The number of hydrogen-bond donors (Lipinski definition) is 2. The van der Waals surface area contributed by atoms with Crippen molar-refractivity contribution in [3.05, 3.63) is 58.9 Å². The van der Waals surface area contributed by atoms with E-state index in [-0.39, 0.29) is 35.9 Å². The molecule has 2 heterocycles. The summed E-state index contributed by atoms with van der Waals surface area (Å²) in [4.78, 5) is 28.8. The predicted octanol–water partition coefficient (Wildman–Crippen LogP) is 4.46. The van der Waals surface area contributed by atoms with E-state index in [1.165, 1.54) is 30.2 Å². The van der Waals surface area contributed by atoms with E-state index >= 15 is 0 Å². The molecule has 2 aromatic carbocycles. The number of hydrogen-bond acceptors (Lipinski definition) is 5. The molecule has 0 radical (unpaired) electrons. The number of nitrogens with zero attached hydrogens (tertiary/aromatic N) is 2. The van der Waals surface area contributed by atoms with Crippen LogP contribution < -0.4 is 15.4 Å². The highest BCUT2D eigenvalue weighted by atomic mass is 35.5. The number of methoxy groups -OCH3 is 1. The van der Waals surface area contributed by atoms with Gasteiger partial charge in [0, 0.05) is 37.5 Å². The molecule has 36 heavy (non-hydrogen) atoms. The van der Waals surface area contributed by atoms with Crippen LogP contribution in [-0.2, 0) is 9.53 Å². The Morgan fingerprint density at radius 1 is 1.17 bits per heavy atom. The number of amides is 3. The molecule has 4 rings (SSSR count). The number of carbonyl (C=O) groups is 2. The lowest BCUT2D eigenvalue weighted by molar-refractivity contribution is -0.145. The number of halogens is 2. The molecule has 0 aliphatic carbocycles. The van der Waals surface area contributed by atoms with Gasteiger partial charge in [0.25, 0.3) is 0 Å². The first-order valence-corrected chi connectivity index (χ1v) is 12.1. The second-order valence-electron chi connectivity index (χ2n) is 9.14. The minimum atomic E-state index is -0.320. The predicted molar refractivity (Wildman–Crippen MR) is 138 cm³/mol. The maximum Gasteiger partial charge on any atom is 0.321 e. The van der Waals surface area contributed by atoms with Gasteiger partial charge < -0.3 is 29.9 Å². The molecule has 3 atom stereocenters. The molecule has 2 aromatic rings. The van der Waals surface area contributed by atoms with Crippen molar-refractivity contribution >= 4 is 41.0 Å². The van der Waals surface area contributed by atoms with E-state index in [0.717, 1.165) is 5.69 Å². The van der Waals surface area contributed by atoms with Crippen LogP contribution in [-0.4, -0.2) is 74.3 Å². The number of nitrogens with one attached hydrogen (secondary N) is 2. The second-order valence-corrected chi connectivity index (χ2v) is 9.55. The first-order valence-electron chi connectivity index (χ1n) is 11.7. The van der Waals surface area contributed by atoms with Gasteiger partial charge in [0.1, 0.15) is 11.6 Å². The standard InChI is InChI=1S/C26H30ClFN4O4/c1-31(2)26(34)30-23-13-22(27)24(35-3)10-16(23)4-9-25(33)32-20-11-19(12-21(32)15-36-14-20)29-18-7-5-17(28)6-8-18/h4-10,13,19-21,29H,11-12,14-15H2,1-3H3,(H,30,34)/t19?,20-,21+. The van der Waals surface area contributed by atoms with Crippen molar-refractivity contribution in [2.24, 2.45) is 0 Å². The minimum Gasteiger partial charge on any atom is -0.495 e. The van der Waals surface area contributed by atoms with Crippen LogP contribution >= 0.6 is 11.6 Å². The fourth-order valence-corrected chi connectivity index (χ4v) is 4.86. The number of carbonyl (C=O) groups excluding carboxylic acids is 2. The van der Waals surface area contributed by atoms with Crippen molar-refractivity contribution in [2.45, 2.75) is 31.0 Å². The number of anilines is 2. The molecule has 8 nitrogen and oxygen atoms in total. The van der Waals surface area contributed by atoms with Gasteiger partial charge >= 0.3 is 6.03 Å². The average Bonchev–Trinajstić information content (AvgIpc) is 2.84. The van der Waals surface area contributed by atoms with Gasteiger partial charge in [0.15, 0.2) is 0 Å². The summed E-state index contributed by atoms with van der Waals surface area (Å²) in [5, 5.41) is 6.60. The molecular formula is C26H30ClFN4O4. The maximum atomic E-state index is 13.3. The summed E-state index contributed by atoms with van der Waals surface area (Å²) in [5.74, 6) is 0.0256. The maximum absolute atomic E-state index is 13.3. The van der Waals surface area contributed by atoms with E-state index in [1.807, 2.05) is 4.90 Å². The third-order valence-corrected chi connectivity index (χ3v) is 6.66. The van der Waals surface area contributed by atoms with E-state index in [4.69, 9.17) is 21.1 Å². The molecule has 192 valence electrons. The van der Waals surface area contributed by atoms with E-state index in [1.54, 1.807) is 44.4 Å². The van der Waals surface area contributed by atoms with Crippen LogP contribution in [0.4, 0.5) is 20.6 Å². The molecule has 3 amide bonds. The number of morpholine rings is 1. The number of fused-ring (bicyclic) bond motifs is 2. The Labute approximate surface area is 215 Å². The van der Waals surface area contributed by atoms with Crippen molar-refractivity contribution in [2.75, 3.05) is 45.1 Å². The Bertz CT molecular complexity index is 1130. The van der Waals surface area contributed by atoms with Crippen LogP contribution in [0.15, 0.2) is 42.5 Å². The van der Waals surface area contributed by atoms with Crippen LogP contribution in [0, 0.1) is 5.82 Å². The number of piperidine rings is 1. The van der Waals surface area contributed by atoms with Crippen molar-refractivity contribution < 1.29 is 23.5 Å². The quantitative estimate of drug-likeness (QED) is 0.554. The number of urea groups is 1. The van der Waals surface area contributed by atoms with Crippen molar-refractivity contribution in [3.63, 3.8) is 0 Å². The van der Waals surface area contributed by atoms with Gasteiger partial charge in [0.2, 0.25) is 5.91 Å². The second kappa shape index (κ2) is 11.2. The van der Waals surface area contributed by atoms with Gasteiger partial charge in [-0.25, -0.2) is 9.18 Å². The Kier molecular flexibility index (Phi) is 8.01. The molecule has 2 fully saturated rings. The zero-order valence-electron chi connectivity index (χ0n) is 20.5. The van der Waals surface area contributed by atoms with Gasteiger partial charge in [0.05, 0.1) is 43.1 Å². The number of benzene rings is 2. The molecular weight excluding hydrogens is 487 g/mol. The lowest BCUT2D eigenvalue weighted by Crippen LogP contribution is -2.60. The first kappa shape index (κ1) is 25.8. The first-order chi connectivity index (χ1) is 17.2. The fourth-order valence-electron chi connectivity index (χ4n) is 4.62. The summed E-state index contributed by atoms with van der Waals surface area (Å²) in [5.41, 5.74) is 1.91. The third kappa shape index (κ3) is 5.91. The molecule has 2 bridgehead atoms. The van der Waals surface area contributed by atoms with Crippen molar-refractivity contribution in [1.29, 1.82) is 0 Å². The van der Waals surface area contributed by atoms with E-state index in [9.17, 15) is 14.0 Å². The van der Waals surface area contributed by atoms with E-state index in [2.05, 4.69) is 10.6 Å². The van der Waals surface area contributed by atoms with Gasteiger partial charge in [-0.15, -0.1) is 0 Å². The van der Waals surface area contributed by atoms with Gasteiger partial charge in [-0.3, -0.25) is 4.79 Å². The zero-order chi connectivity index (χ0) is 25.8. The Morgan fingerprint density at radius 2 is 1.83 bits per heavy atom. The molecule has 0 saturated carbocycles. The SMILES string of the molecule is COc1cc(C=CC(=O)N2[C@@H]3COC[C@H]2CC(Nc2ccc(F)cc2)C3)c(NC(=O)N(C)C)cc1Cl. The topological polar surface area (TPSA) is 83.1 Å². The van der Waals surface area contributed by atoms with Crippen LogP contribution in [0.1, 0.15) is 18.4 Å². The van der Waals surface area contributed by atoms with Crippen molar-refractivity contribution in [1.82, 2.24) is 9.80 Å². The number of ether oxygens (including phenoxy) is 2. The molecule has 1 unspecified atom stereocenters. The monoisotopic (exact) mass is 516 g/mol. The summed E-state index contributed by atoms with van der Waals surface area (Å²) in [6.07, 6.45) is 4.59. The molecule has 10 heteroatoms. The van der Waals surface area contributed by atoms with Crippen LogP contribution in [0.25, 0.3) is 6.08 Å². The highest BCUT2D eigenvalue weighted by Gasteiger charge is 2.41. The van der Waals surface area contributed by atoms with Crippen LogP contribution in [0.3, 0.4) is 0 Å². The number of rotatable bonds is 6. The summed E-state index contributed by atoms with van der Waals surface area (Å²) in [6.45, 7) is 0.910. The summed E-state index contributed by atoms with van der Waals surface area (Å²) < 4.78 is 24.3.